The molecule has 0 aliphatic carbocycles. The van der Waals surface area contributed by atoms with Gasteiger partial charge in [-0.1, -0.05) is 105 Å². The molecule has 0 unspecified atom stereocenters. The number of carboxylic acid groups (broad SMARTS) is 2. The Morgan fingerprint density at radius 3 is 1.82 bits per heavy atom. The number of benzene rings is 2. The molecule has 37 nitrogen and oxygen atoms in total. The van der Waals surface area contributed by atoms with Gasteiger partial charge in [-0.25, -0.2) is 4.79 Å². The molecule has 39 heteroatoms. The lowest BCUT2D eigenvalue weighted by Crippen LogP contribution is -2.63. The quantitative estimate of drug-likeness (QED) is 0.0138. The van der Waals surface area contributed by atoms with Gasteiger partial charge >= 0.3 is 11.9 Å². The number of nitrogens with zero attached hydrogens (tertiary/aromatic N) is 4. The van der Waals surface area contributed by atoms with Crippen LogP contribution >= 0.6 is 21.6 Å². The van der Waals surface area contributed by atoms with Crippen LogP contribution in [0.2, 0.25) is 0 Å². The average molecular weight is 1570 g/mol. The number of aliphatic carboxylic acids is 2. The number of aliphatic hydroxyl groups excluding tert-OH is 2. The van der Waals surface area contributed by atoms with Crippen molar-refractivity contribution in [1.82, 2.24) is 67.9 Å². The molecule has 0 radical (unpaired) electrons. The Balaban J connectivity index is 1.46. The van der Waals surface area contributed by atoms with E-state index in [1.807, 2.05) is 0 Å². The summed E-state index contributed by atoms with van der Waals surface area (Å²) in [7, 11) is 1.64. The van der Waals surface area contributed by atoms with Crippen LogP contribution in [-0.4, -0.2) is 265 Å². The number of carbonyl (C=O) groups is 15. The predicted molar refractivity (Wildman–Crippen MR) is 400 cm³/mol. The van der Waals surface area contributed by atoms with Gasteiger partial charge in [0.05, 0.1) is 25.7 Å². The van der Waals surface area contributed by atoms with E-state index in [0.29, 0.717) is 36.1 Å². The summed E-state index contributed by atoms with van der Waals surface area (Å²) in [5.74, 6) is -17.8. The van der Waals surface area contributed by atoms with Gasteiger partial charge in [0.1, 0.15) is 78.5 Å². The number of carboxylic acids is 2. The number of nitrogen functional groups attached to an aromatic ring is 1. The van der Waals surface area contributed by atoms with Gasteiger partial charge in [-0.3, -0.25) is 72.1 Å². The third-order valence-corrected chi connectivity index (χ3v) is 21.9. The standard InChI is InChI=1S/C70H104N18O19S2/c1-6-36(3)54-64(101)82-47(60(97)78-44(30-39-15-9-8-10-16-39)66(103)86-26-12-18-49(86)62(99)79-45(69(106)107)31-53(92)93)34-108-109-35-48(81-57(94)42(76-52(91)32-71)17-11-25-75-70(73)74)61(98)85-56(38(5)90)65(102)77-43(29-40-21-23-41(72)24-22-40)58(95)80-46(33-89)59(96)84-55(37(4)7-2)68(105)88-28-14-20-51(88)67(104)87-27-13-19-50(87)63(100)83-54/h8-10,15-16,21-24,36-38,42-51,54-56,89-90H,6-7,11-14,17-20,25-35,71-72H2,1-5H3,(H,76,91)(H,77,102)(H,78,97)(H,79,99)(H,80,95)(H,81,94)(H,82,101)(H,83,100)(H,84,96)(H,85,98)(H,92,93)(H,106,107)(H4,73,74,75)/t36-,37-,38+,42-,43-,44-,45-,46-,47-,48-,49-,50-,51-,54-,55-,56-/m0/s1. The maximum atomic E-state index is 15.3. The van der Waals surface area contributed by atoms with Crippen LogP contribution in [0, 0.1) is 11.8 Å². The summed E-state index contributed by atoms with van der Waals surface area (Å²) in [4.78, 5) is 222. The Bertz CT molecular complexity index is 3600. The number of aliphatic imine (C=N–C) groups is 1. The van der Waals surface area contributed by atoms with Gasteiger partial charge in [-0.2, -0.15) is 0 Å². The lowest BCUT2D eigenvalue weighted by molar-refractivity contribution is -0.149. The highest BCUT2D eigenvalue weighted by molar-refractivity contribution is 8.76. The van der Waals surface area contributed by atoms with Crippen molar-refractivity contribution in [2.45, 2.75) is 203 Å². The number of hydrogen-bond acceptors (Lipinski definition) is 22. The highest BCUT2D eigenvalue weighted by atomic mass is 33.1. The van der Waals surface area contributed by atoms with Crippen LogP contribution in [-0.2, 0) is 84.8 Å². The van der Waals surface area contributed by atoms with E-state index in [2.05, 4.69) is 58.2 Å². The van der Waals surface area contributed by atoms with E-state index in [-0.39, 0.29) is 89.9 Å². The van der Waals surface area contributed by atoms with Gasteiger partial charge in [-0.15, -0.1) is 0 Å². The van der Waals surface area contributed by atoms with Crippen molar-refractivity contribution >= 4 is 122 Å². The molecule has 4 aliphatic rings. The predicted octanol–water partition coefficient (Wildman–Crippen LogP) is -4.69. The molecule has 2 aromatic carbocycles. The van der Waals surface area contributed by atoms with Crippen LogP contribution in [0.3, 0.4) is 0 Å². The highest BCUT2D eigenvalue weighted by Gasteiger charge is 2.47. The number of amides is 13. The Kier molecular flexibility index (Phi) is 34.6. The molecule has 0 bridgehead atoms. The number of carbonyl (C=O) groups excluding carboxylic acids is 13. The molecule has 16 atom stereocenters. The average Bonchev–Trinajstić information content (AvgIpc) is 1.68. The molecule has 600 valence electrons. The molecule has 22 N–H and O–H groups in total. The largest absolute Gasteiger partial charge is 0.481 e. The van der Waals surface area contributed by atoms with Crippen molar-refractivity contribution in [3.8, 4) is 0 Å². The summed E-state index contributed by atoms with van der Waals surface area (Å²) < 4.78 is 0. The number of likely N-dealkylation sites (tertiary alicyclic amines) is 1. The molecule has 4 aliphatic heterocycles. The second kappa shape index (κ2) is 42.8. The summed E-state index contributed by atoms with van der Waals surface area (Å²) in [6, 6.07) is -5.80. The number of hydrogen-bond donors (Lipinski definition) is 18. The molecule has 0 saturated carbocycles. The maximum Gasteiger partial charge on any atom is 0.326 e. The van der Waals surface area contributed by atoms with Gasteiger partial charge in [0.2, 0.25) is 76.8 Å². The number of fused-ring (bicyclic) bond motifs is 2. The van der Waals surface area contributed by atoms with E-state index in [1.165, 1.54) is 34.1 Å². The van der Waals surface area contributed by atoms with Crippen molar-refractivity contribution < 1.29 is 92.3 Å². The van der Waals surface area contributed by atoms with E-state index >= 15 is 14.4 Å². The molecule has 6 rings (SSSR count). The second-order valence-corrected chi connectivity index (χ2v) is 30.1. The first-order valence-corrected chi connectivity index (χ1v) is 38.9. The van der Waals surface area contributed by atoms with Crippen molar-refractivity contribution in [3.05, 3.63) is 65.7 Å². The summed E-state index contributed by atoms with van der Waals surface area (Å²) in [6.07, 6.45) is -1.69. The Morgan fingerprint density at radius 1 is 0.624 bits per heavy atom. The number of nitrogens with one attached hydrogen (secondary N) is 10. The molecule has 13 amide bonds. The third-order valence-electron chi connectivity index (χ3n) is 19.5. The van der Waals surface area contributed by atoms with Crippen LogP contribution < -0.4 is 76.1 Å². The fourth-order valence-electron chi connectivity index (χ4n) is 13.0. The molecule has 4 saturated heterocycles. The van der Waals surface area contributed by atoms with Gasteiger partial charge in [0.25, 0.3) is 0 Å². The van der Waals surface area contributed by atoms with Crippen LogP contribution in [0.1, 0.15) is 116 Å². The number of anilines is 1. The highest BCUT2D eigenvalue weighted by Crippen LogP contribution is 2.29. The first-order chi connectivity index (χ1) is 51.8. The van der Waals surface area contributed by atoms with E-state index in [0.717, 1.165) is 33.4 Å². The SMILES string of the molecule is CC[C@H](C)[C@@H]1NC(=O)[C@@H]2CCCN2C(=O)[C@@H]2CCCN2C(=O)[C@H]([C@@H](C)CC)NC(=O)[C@H](CO)NC(=O)[C@H](Cc2ccc(N)cc2)NC(=O)[C@H]([C@@H](C)O)NC(=O)[C@@H](NC(=O)[C@H](CCCN=C(N)N)NC(=O)CN)CSSC[C@@H](C(=O)N[C@@H](Cc2ccccc2)C(=O)N2CCC[C@H]2C(=O)N[C@@H](CC(=O)O)C(=O)O)NC1=O. The second-order valence-electron chi connectivity index (χ2n) is 27.5. The molecular formula is C70H104N18O19S2. The van der Waals surface area contributed by atoms with Crippen LogP contribution in [0.25, 0.3) is 0 Å². The van der Waals surface area contributed by atoms with E-state index in [4.69, 9.17) is 22.9 Å². The number of rotatable bonds is 26. The van der Waals surface area contributed by atoms with Crippen molar-refractivity contribution in [3.63, 3.8) is 0 Å². The monoisotopic (exact) mass is 1560 g/mol. The lowest BCUT2D eigenvalue weighted by Gasteiger charge is -2.35. The third kappa shape index (κ3) is 25.6. The summed E-state index contributed by atoms with van der Waals surface area (Å²) in [6.45, 7) is 6.33. The fraction of sp³-hybridized carbons (Fsp3) is 0.600. The maximum absolute atomic E-state index is 15.3. The number of nitrogens with two attached hydrogens (primary N) is 4. The zero-order valence-electron chi connectivity index (χ0n) is 61.6. The minimum atomic E-state index is -1.97. The minimum Gasteiger partial charge on any atom is -0.481 e. The van der Waals surface area contributed by atoms with Gasteiger partial charge in [0, 0.05) is 56.2 Å². The van der Waals surface area contributed by atoms with E-state index in [1.54, 1.807) is 58.0 Å². The normalized spacial score (nSPS) is 24.8. The summed E-state index contributed by atoms with van der Waals surface area (Å²) in [5.41, 5.74) is 23.9. The first-order valence-electron chi connectivity index (χ1n) is 36.4. The van der Waals surface area contributed by atoms with E-state index in [9.17, 15) is 78.0 Å². The molecule has 109 heavy (non-hydrogen) atoms. The molecule has 4 heterocycles. The van der Waals surface area contributed by atoms with Crippen LogP contribution in [0.4, 0.5) is 5.69 Å². The topological polar surface area (TPSA) is 583 Å². The lowest BCUT2D eigenvalue weighted by atomic mass is 9.96. The Hall–Kier alpha value is -9.86. The van der Waals surface area contributed by atoms with Crippen LogP contribution in [0.5, 0.6) is 0 Å². The molecule has 4 fully saturated rings. The molecular weight excluding hydrogens is 1460 g/mol. The van der Waals surface area contributed by atoms with Crippen molar-refractivity contribution in [2.24, 2.45) is 34.0 Å². The summed E-state index contributed by atoms with van der Waals surface area (Å²) in [5, 5.41) is 67.0. The zero-order chi connectivity index (χ0) is 80.3. The smallest absolute Gasteiger partial charge is 0.326 e. The minimum absolute atomic E-state index is 0.00909. The molecule has 0 spiro atoms. The van der Waals surface area contributed by atoms with Crippen molar-refractivity contribution in [1.29, 1.82) is 0 Å². The van der Waals surface area contributed by atoms with Crippen molar-refractivity contribution in [2.75, 3.05) is 56.6 Å². The fourth-order valence-corrected chi connectivity index (χ4v) is 15.3. The summed E-state index contributed by atoms with van der Waals surface area (Å²) >= 11 is 0. The van der Waals surface area contributed by atoms with E-state index < -0.39 is 216 Å². The Morgan fingerprint density at radius 2 is 1.20 bits per heavy atom. The van der Waals surface area contributed by atoms with Gasteiger partial charge in [-0.05, 0) is 93.4 Å². The van der Waals surface area contributed by atoms with Crippen LogP contribution in [0.15, 0.2) is 59.6 Å². The Labute approximate surface area is 638 Å². The van der Waals surface area contributed by atoms with Gasteiger partial charge < -0.3 is 111 Å². The zero-order valence-corrected chi connectivity index (χ0v) is 63.2. The first kappa shape index (κ1) is 88.0. The molecule has 0 aromatic heterocycles. The molecule has 2 aromatic rings. The number of guanidine groups is 1. The van der Waals surface area contributed by atoms with Gasteiger partial charge in [0.15, 0.2) is 5.96 Å². The number of aliphatic hydroxyl groups is 2.